The Morgan fingerprint density at radius 1 is 0.956 bits per heavy atom. The van der Waals surface area contributed by atoms with Crippen LogP contribution in [0.1, 0.15) is 133 Å². The molecule has 7 amide bonds. The number of aliphatic hydroxyl groups is 1. The van der Waals surface area contributed by atoms with E-state index < -0.39 is 95.2 Å². The van der Waals surface area contributed by atoms with Gasteiger partial charge in [0.05, 0.1) is 48.9 Å². The lowest BCUT2D eigenvalue weighted by molar-refractivity contribution is -0.187. The van der Waals surface area contributed by atoms with Crippen molar-refractivity contribution in [2.45, 2.75) is 173 Å². The minimum atomic E-state index is -1.65. The molecule has 0 aliphatic carbocycles. The monoisotopic (exact) mass is 1280 g/mol. The number of carbonyl (C=O) groups is 10. The van der Waals surface area contributed by atoms with Crippen LogP contribution >= 0.6 is 11.6 Å². The summed E-state index contributed by atoms with van der Waals surface area (Å²) in [7, 11) is 4.49. The molecular formula is C67H90ClN7O16. The number of methoxy groups -OCH3 is 1. The van der Waals surface area contributed by atoms with Crippen LogP contribution in [-0.2, 0) is 74.9 Å². The number of rotatable bonds is 24. The van der Waals surface area contributed by atoms with Gasteiger partial charge in [0, 0.05) is 108 Å². The number of nitrogens with zero attached hydrogens (tertiary/aromatic N) is 4. The number of halogens is 1. The second-order valence-corrected chi connectivity index (χ2v) is 25.8. The molecule has 3 saturated heterocycles. The highest BCUT2D eigenvalue weighted by atomic mass is 35.5. The Labute approximate surface area is 537 Å². The van der Waals surface area contributed by atoms with Gasteiger partial charge in [0.2, 0.25) is 11.8 Å². The van der Waals surface area contributed by atoms with Crippen LogP contribution in [0.2, 0.25) is 5.02 Å². The van der Waals surface area contributed by atoms with E-state index in [1.807, 2.05) is 50.8 Å². The van der Waals surface area contributed by atoms with E-state index in [2.05, 4.69) is 10.6 Å². The van der Waals surface area contributed by atoms with E-state index in [4.69, 9.17) is 41.0 Å². The van der Waals surface area contributed by atoms with Gasteiger partial charge < -0.3 is 59.9 Å². The molecule has 0 saturated carbocycles. The van der Waals surface area contributed by atoms with Gasteiger partial charge in [-0.1, -0.05) is 74.7 Å². The number of Topliss-reactive ketones (excluding diaryl/α,β-unsaturated/α-hetero) is 2. The molecule has 5 heterocycles. The summed E-state index contributed by atoms with van der Waals surface area (Å²) < 4.78 is 30.1. The second kappa shape index (κ2) is 31.3. The maximum Gasteiger partial charge on any atom is 0.328 e. The highest BCUT2D eigenvalue weighted by Gasteiger charge is 2.64. The number of likely N-dealkylation sites (N-methyl/N-ethyl adjacent to an activating group) is 1. The summed E-state index contributed by atoms with van der Waals surface area (Å²) in [6, 6.07) is 5.56. The lowest BCUT2D eigenvalue weighted by atomic mass is 9.78. The van der Waals surface area contributed by atoms with Crippen molar-refractivity contribution in [2.24, 2.45) is 23.5 Å². The average molecular weight is 1280 g/mol. The van der Waals surface area contributed by atoms with Crippen molar-refractivity contribution in [1.82, 2.24) is 20.4 Å². The minimum absolute atomic E-state index is 0.00867. The fourth-order valence-electron chi connectivity index (χ4n) is 12.4. The highest BCUT2D eigenvalue weighted by molar-refractivity contribution is 6.34. The predicted molar refractivity (Wildman–Crippen MR) is 339 cm³/mol. The fraction of sp³-hybridized carbons (Fsp3) is 0.582. The molecule has 5 N–H and O–H groups in total. The van der Waals surface area contributed by atoms with Crippen molar-refractivity contribution in [3.8, 4) is 0 Å². The zero-order chi connectivity index (χ0) is 66.6. The third kappa shape index (κ3) is 18.1. The van der Waals surface area contributed by atoms with E-state index in [-0.39, 0.29) is 99.3 Å². The molecule has 0 aromatic heterocycles. The number of ketones is 2. The molecule has 24 heteroatoms. The number of morpholine rings is 1. The number of benzene rings is 2. The molecule has 0 radical (unpaired) electrons. The van der Waals surface area contributed by atoms with E-state index in [0.717, 1.165) is 21.6 Å². The van der Waals surface area contributed by atoms with Crippen LogP contribution in [0.25, 0.3) is 0 Å². The number of imide groups is 1. The zero-order valence-corrected chi connectivity index (χ0v) is 54.8. The molecule has 0 unspecified atom stereocenters. The Balaban J connectivity index is 1.09. The number of amides is 7. The first-order chi connectivity index (χ1) is 43.0. The number of epoxide rings is 1. The smallest absolute Gasteiger partial charge is 0.328 e. The van der Waals surface area contributed by atoms with Crippen LogP contribution in [0.15, 0.2) is 66.3 Å². The van der Waals surface area contributed by atoms with Gasteiger partial charge in [-0.15, -0.1) is 0 Å². The minimum Gasteiger partial charge on any atom is -0.462 e. The van der Waals surface area contributed by atoms with Gasteiger partial charge in [-0.05, 0) is 101 Å². The van der Waals surface area contributed by atoms with E-state index >= 15 is 0 Å². The highest BCUT2D eigenvalue weighted by Crippen LogP contribution is 2.50. The Morgan fingerprint density at radius 3 is 2.33 bits per heavy atom. The Bertz CT molecular complexity index is 3160. The van der Waals surface area contributed by atoms with Crippen molar-refractivity contribution >= 4 is 82.0 Å². The summed E-state index contributed by atoms with van der Waals surface area (Å²) in [4.78, 5) is 141. The molecular weight excluding hydrogens is 1190 g/mol. The van der Waals surface area contributed by atoms with Crippen molar-refractivity contribution in [3.05, 3.63) is 93.6 Å². The van der Waals surface area contributed by atoms with Crippen molar-refractivity contribution in [2.75, 3.05) is 70.4 Å². The van der Waals surface area contributed by atoms with Gasteiger partial charge in [-0.3, -0.25) is 43.3 Å². The topological polar surface area (TPSA) is 303 Å². The lowest BCUT2D eigenvalue weighted by Gasteiger charge is -2.41. The van der Waals surface area contributed by atoms with Gasteiger partial charge in [0.25, 0.3) is 17.7 Å². The normalized spacial score (nSPS) is 25.6. The molecule has 5 aliphatic heterocycles. The molecule has 2 aromatic carbocycles. The number of hydrogen-bond donors (Lipinski definition) is 4. The van der Waals surface area contributed by atoms with Crippen LogP contribution in [0.5, 0.6) is 0 Å². The first kappa shape index (κ1) is 71.1. The number of nitrogens with one attached hydrogen (secondary N) is 2. The molecule has 2 aromatic rings. The summed E-state index contributed by atoms with van der Waals surface area (Å²) in [5, 5.41) is 17.9. The van der Waals surface area contributed by atoms with Gasteiger partial charge in [0.1, 0.15) is 41.3 Å². The molecule has 0 spiro atoms. The van der Waals surface area contributed by atoms with Crippen LogP contribution in [0, 0.1) is 24.7 Å². The quantitative estimate of drug-likeness (QED) is 0.0407. The molecule has 10 atom stereocenters. The number of unbranched alkanes of at least 4 members (excludes halogenated alkanes) is 2. The van der Waals surface area contributed by atoms with E-state index in [0.29, 0.717) is 73.9 Å². The van der Waals surface area contributed by atoms with Gasteiger partial charge in [0.15, 0.2) is 5.78 Å². The molecule has 4 bridgehead atoms. The Hall–Kier alpha value is -7.31. The summed E-state index contributed by atoms with van der Waals surface area (Å²) in [5.74, 6) is -5.91. The first-order valence-corrected chi connectivity index (χ1v) is 31.8. The van der Waals surface area contributed by atoms with E-state index in [9.17, 15) is 53.1 Å². The number of allylic oxidation sites excluding steroid dienone is 3. The summed E-state index contributed by atoms with van der Waals surface area (Å²) in [6.07, 6.45) is 5.73. The lowest BCUT2D eigenvalue weighted by Crippen LogP contribution is -2.53. The first-order valence-electron chi connectivity index (χ1n) is 31.4. The number of fused-ring (bicyclic) bond motifs is 5. The number of esters is 2. The van der Waals surface area contributed by atoms with Crippen LogP contribution in [0.3, 0.4) is 0 Å². The second-order valence-electron chi connectivity index (χ2n) is 25.4. The standard InChI is InChI=1S/C67H90ClN7O16/c1-39(2)48(35-47(76)17-12-11-13-25-75-56(78)22-23-57(75)79)62(82)71-49(18-15-24-70-65(69)85)52(77)34-45-20-21-46(33-50(45)74-26-28-88-29-27-74)63(83)72(8)43(6)64(84)90-55-36-58(80)73(9)51-32-44(31-41(4)60(51)68)30-40(3)16-14-19-54(87-10)67(86)37-53(89-59(81)38-67)42(5)61-66(55,7)91-61/h14,16,19-23,31-33,39,42-43,48-49,53-55,61,86H,11-13,15,17-18,24-30,34-38H2,1-10H3,(H,71,82)(H3,69,70,85)/b19-14+,40-16+/t42-,43+,48+,49+,53+,54-,55+,61+,66+,67-/m1/s1. The summed E-state index contributed by atoms with van der Waals surface area (Å²) in [6.45, 7) is 14.3. The van der Waals surface area contributed by atoms with Crippen LogP contribution in [0.4, 0.5) is 16.2 Å². The van der Waals surface area contributed by atoms with Crippen LogP contribution in [-0.4, -0.2) is 182 Å². The number of nitrogens with two attached hydrogens (primary N) is 1. The number of primary amides is 1. The van der Waals surface area contributed by atoms with Gasteiger partial charge in [-0.25, -0.2) is 9.59 Å². The van der Waals surface area contributed by atoms with E-state index in [1.165, 1.54) is 43.0 Å². The van der Waals surface area contributed by atoms with E-state index in [1.54, 1.807) is 51.2 Å². The van der Waals surface area contributed by atoms with Gasteiger partial charge >= 0.3 is 18.0 Å². The third-order valence-corrected chi connectivity index (χ3v) is 18.7. The molecule has 91 heavy (non-hydrogen) atoms. The number of anilines is 2. The number of hydrogen-bond acceptors (Lipinski definition) is 17. The average Bonchev–Trinajstić information content (AvgIpc) is 1.59. The van der Waals surface area contributed by atoms with Crippen molar-refractivity contribution < 1.29 is 76.7 Å². The Morgan fingerprint density at radius 2 is 1.66 bits per heavy atom. The third-order valence-electron chi connectivity index (χ3n) is 18.3. The van der Waals surface area contributed by atoms with Crippen molar-refractivity contribution in [3.63, 3.8) is 0 Å². The predicted octanol–water partition coefficient (Wildman–Crippen LogP) is 5.98. The maximum atomic E-state index is 14.7. The molecule has 3 fully saturated rings. The SMILES string of the molecule is CO[C@@H]1/C=C/C=C(\C)Cc2cc(C)c(Cl)c(c2)N(C)C(=O)C[C@H](OC(=O)[C@H](C)N(C)C(=O)c2ccc(CC(=O)[C@H](CCCNC(N)=O)NC(=O)[C@@H](CC(=O)CCCCCN3C(=O)C=CC3=O)C(C)C)c(N3CCOCC3)c2)[C@]2(C)O[C@H]2[C@H](C)[C@@H]2C[C@@]1(O)CC(=O)O2. The van der Waals surface area contributed by atoms with Crippen molar-refractivity contribution in [1.29, 1.82) is 0 Å². The number of aryl methyl sites for hydroxylation is 1. The summed E-state index contributed by atoms with van der Waals surface area (Å²) >= 11 is 6.91. The fourth-order valence-corrected chi connectivity index (χ4v) is 12.7. The molecule has 496 valence electrons. The largest absolute Gasteiger partial charge is 0.462 e. The zero-order valence-electron chi connectivity index (χ0n) is 54.0. The number of carbonyl (C=O) groups excluding carboxylic acids is 10. The van der Waals surface area contributed by atoms with Gasteiger partial charge in [-0.2, -0.15) is 0 Å². The molecule has 5 aliphatic rings. The number of ether oxygens (including phenoxy) is 5. The Kier molecular flexibility index (Phi) is 24.5. The maximum absolute atomic E-state index is 14.7. The van der Waals surface area contributed by atoms with Crippen LogP contribution < -0.4 is 26.2 Å². The molecule has 7 rings (SSSR count). The number of urea groups is 1. The summed E-state index contributed by atoms with van der Waals surface area (Å²) in [5.41, 5.74) is 6.57. The molecule has 23 nitrogen and oxygen atoms in total.